The zero-order valence-corrected chi connectivity index (χ0v) is 13.7. The van der Waals surface area contributed by atoms with Gasteiger partial charge in [0.25, 0.3) is 0 Å². The molecule has 1 aromatic heterocycles. The van der Waals surface area contributed by atoms with Crippen LogP contribution in [-0.2, 0) is 11.3 Å². The smallest absolute Gasteiger partial charge is 0.0897 e. The van der Waals surface area contributed by atoms with Crippen LogP contribution in [0.25, 0.3) is 0 Å². The van der Waals surface area contributed by atoms with Crippen molar-refractivity contribution in [1.82, 2.24) is 10.3 Å². The zero-order chi connectivity index (χ0) is 15.1. The number of hydrogen-bond donors (Lipinski definition) is 2. The molecule has 4 nitrogen and oxygen atoms in total. The van der Waals surface area contributed by atoms with E-state index in [0.29, 0.717) is 25.0 Å². The summed E-state index contributed by atoms with van der Waals surface area (Å²) < 4.78 is 5.68. The van der Waals surface area contributed by atoms with E-state index in [1.54, 1.807) is 11.3 Å². The van der Waals surface area contributed by atoms with Gasteiger partial charge in [-0.1, -0.05) is 19.1 Å². The second-order valence-electron chi connectivity index (χ2n) is 5.85. The molecular formula is C16H26N2O2S. The first kappa shape index (κ1) is 16.6. The minimum absolute atomic E-state index is 0.404. The fraction of sp³-hybridized carbons (Fsp3) is 0.688. The average molecular weight is 310 g/mol. The van der Waals surface area contributed by atoms with Gasteiger partial charge in [-0.15, -0.1) is 11.3 Å². The van der Waals surface area contributed by atoms with Crippen molar-refractivity contribution in [3.05, 3.63) is 28.2 Å². The summed E-state index contributed by atoms with van der Waals surface area (Å²) in [6, 6.07) is 0. The van der Waals surface area contributed by atoms with Crippen LogP contribution in [0.4, 0.5) is 0 Å². The lowest BCUT2D eigenvalue weighted by Gasteiger charge is -2.25. The molecule has 0 spiro atoms. The van der Waals surface area contributed by atoms with E-state index in [0.717, 1.165) is 31.0 Å². The Morgan fingerprint density at radius 3 is 3.00 bits per heavy atom. The lowest BCUT2D eigenvalue weighted by molar-refractivity contribution is 0.0128. The Morgan fingerprint density at radius 1 is 1.48 bits per heavy atom. The van der Waals surface area contributed by atoms with E-state index in [-0.39, 0.29) is 0 Å². The maximum atomic E-state index is 9.91. The minimum Gasteiger partial charge on any atom is -0.389 e. The fourth-order valence-corrected chi connectivity index (χ4v) is 3.27. The molecule has 0 bridgehead atoms. The molecule has 21 heavy (non-hydrogen) atoms. The molecule has 118 valence electrons. The molecule has 3 atom stereocenters. The van der Waals surface area contributed by atoms with Crippen LogP contribution in [0.1, 0.15) is 29.7 Å². The number of aryl methyl sites for hydroxylation is 1. The first-order valence-corrected chi connectivity index (χ1v) is 8.49. The van der Waals surface area contributed by atoms with Crippen LogP contribution in [0.15, 0.2) is 18.3 Å². The second kappa shape index (κ2) is 8.63. The van der Waals surface area contributed by atoms with Crippen LogP contribution in [0.3, 0.4) is 0 Å². The number of hydrogen-bond acceptors (Lipinski definition) is 5. The quantitative estimate of drug-likeness (QED) is 0.725. The van der Waals surface area contributed by atoms with Gasteiger partial charge in [-0.05, 0) is 31.6 Å². The lowest BCUT2D eigenvalue weighted by atomic mass is 9.85. The molecule has 2 rings (SSSR count). The Labute approximate surface area is 131 Å². The largest absolute Gasteiger partial charge is 0.389 e. The molecule has 0 fully saturated rings. The third kappa shape index (κ3) is 5.87. The summed E-state index contributed by atoms with van der Waals surface area (Å²) in [7, 11) is 0. The number of aliphatic hydroxyl groups excluding tert-OH is 1. The van der Waals surface area contributed by atoms with E-state index in [4.69, 9.17) is 4.74 Å². The molecule has 0 aromatic carbocycles. The third-order valence-electron chi connectivity index (χ3n) is 3.91. The molecule has 1 heterocycles. The summed E-state index contributed by atoms with van der Waals surface area (Å²) in [5.74, 6) is 1.27. The van der Waals surface area contributed by atoms with Gasteiger partial charge in [0.05, 0.1) is 24.3 Å². The summed E-state index contributed by atoms with van der Waals surface area (Å²) in [6.45, 7) is 6.73. The Bertz CT molecular complexity index is 447. The highest BCUT2D eigenvalue weighted by Gasteiger charge is 2.18. The van der Waals surface area contributed by atoms with E-state index in [9.17, 15) is 5.11 Å². The van der Waals surface area contributed by atoms with Crippen molar-refractivity contribution < 1.29 is 9.84 Å². The molecule has 0 saturated heterocycles. The molecular weight excluding hydrogens is 284 g/mol. The minimum atomic E-state index is -0.451. The highest BCUT2D eigenvalue weighted by atomic mass is 32.1. The number of aromatic nitrogens is 1. The Balaban J connectivity index is 1.55. The average Bonchev–Trinajstić information content (AvgIpc) is 2.87. The molecule has 0 saturated carbocycles. The highest BCUT2D eigenvalue weighted by Crippen LogP contribution is 2.24. The van der Waals surface area contributed by atoms with Crippen molar-refractivity contribution in [2.75, 3.05) is 19.8 Å². The lowest BCUT2D eigenvalue weighted by Crippen LogP contribution is -2.31. The number of ether oxygens (including phenoxy) is 1. The zero-order valence-electron chi connectivity index (χ0n) is 12.9. The molecule has 3 unspecified atom stereocenters. The van der Waals surface area contributed by atoms with Crippen molar-refractivity contribution in [2.24, 2.45) is 11.8 Å². The third-order valence-corrected chi connectivity index (χ3v) is 4.82. The molecule has 0 aliphatic heterocycles. The summed E-state index contributed by atoms with van der Waals surface area (Å²) in [5, 5.41) is 14.2. The van der Waals surface area contributed by atoms with E-state index < -0.39 is 6.10 Å². The van der Waals surface area contributed by atoms with Crippen LogP contribution in [0.5, 0.6) is 0 Å². The molecule has 1 aliphatic rings. The Hall–Kier alpha value is -0.750. The summed E-state index contributed by atoms with van der Waals surface area (Å²) in [4.78, 5) is 5.41. The normalized spacial score (nSPS) is 23.4. The van der Waals surface area contributed by atoms with Gasteiger partial charge in [0.2, 0.25) is 0 Å². The summed E-state index contributed by atoms with van der Waals surface area (Å²) >= 11 is 1.68. The summed E-state index contributed by atoms with van der Waals surface area (Å²) in [6.07, 6.45) is 8.17. The van der Waals surface area contributed by atoms with E-state index in [1.165, 1.54) is 4.88 Å². The summed E-state index contributed by atoms with van der Waals surface area (Å²) in [5.41, 5.74) is 0. The number of thiazole rings is 1. The molecule has 0 amide bonds. The Morgan fingerprint density at radius 2 is 2.29 bits per heavy atom. The van der Waals surface area contributed by atoms with E-state index in [1.807, 2.05) is 13.1 Å². The molecule has 1 aromatic rings. The van der Waals surface area contributed by atoms with Gasteiger partial charge in [0.1, 0.15) is 0 Å². The van der Waals surface area contributed by atoms with Crippen molar-refractivity contribution in [1.29, 1.82) is 0 Å². The maximum Gasteiger partial charge on any atom is 0.0897 e. The maximum absolute atomic E-state index is 9.91. The van der Waals surface area contributed by atoms with Gasteiger partial charge >= 0.3 is 0 Å². The first-order chi connectivity index (χ1) is 10.1. The van der Waals surface area contributed by atoms with Gasteiger partial charge in [0, 0.05) is 24.2 Å². The van der Waals surface area contributed by atoms with Crippen molar-refractivity contribution >= 4 is 11.3 Å². The van der Waals surface area contributed by atoms with Gasteiger partial charge in [-0.25, -0.2) is 4.98 Å². The fourth-order valence-electron chi connectivity index (χ4n) is 2.50. The number of nitrogens with zero attached hydrogens (tertiary/aromatic N) is 1. The number of allylic oxidation sites excluding steroid dienone is 2. The number of rotatable bonds is 8. The van der Waals surface area contributed by atoms with Gasteiger partial charge in [-0.2, -0.15) is 0 Å². The van der Waals surface area contributed by atoms with Gasteiger partial charge in [-0.3, -0.25) is 0 Å². The molecule has 5 heteroatoms. The van der Waals surface area contributed by atoms with Crippen LogP contribution in [-0.4, -0.2) is 36.0 Å². The van der Waals surface area contributed by atoms with E-state index >= 15 is 0 Å². The molecule has 1 aliphatic carbocycles. The number of nitrogens with one attached hydrogen (secondary N) is 1. The number of aliphatic hydroxyl groups is 1. The van der Waals surface area contributed by atoms with Crippen LogP contribution in [0.2, 0.25) is 0 Å². The predicted octanol–water partition coefficient (Wildman–Crippen LogP) is 2.52. The van der Waals surface area contributed by atoms with Gasteiger partial charge < -0.3 is 15.2 Å². The highest BCUT2D eigenvalue weighted by molar-refractivity contribution is 7.11. The standard InChI is InChI=1S/C16H26N2O2S/c1-12-5-3-4-6-14(12)10-20-11-15(19)7-17-8-16-9-18-13(2)21-16/h3-4,9,12,14-15,17,19H,5-8,10-11H2,1-2H3. The monoisotopic (exact) mass is 310 g/mol. The van der Waals surface area contributed by atoms with Crippen molar-refractivity contribution in [2.45, 2.75) is 39.3 Å². The topological polar surface area (TPSA) is 54.4 Å². The molecule has 2 N–H and O–H groups in total. The SMILES string of the molecule is Cc1ncc(CNCC(O)COCC2CC=CCC2C)s1. The van der Waals surface area contributed by atoms with Crippen molar-refractivity contribution in [3.63, 3.8) is 0 Å². The molecule has 0 radical (unpaired) electrons. The Kier molecular flexibility index (Phi) is 6.83. The first-order valence-electron chi connectivity index (χ1n) is 7.68. The second-order valence-corrected chi connectivity index (χ2v) is 7.17. The van der Waals surface area contributed by atoms with Crippen LogP contribution in [0, 0.1) is 18.8 Å². The van der Waals surface area contributed by atoms with Crippen LogP contribution < -0.4 is 5.32 Å². The van der Waals surface area contributed by atoms with E-state index in [2.05, 4.69) is 29.4 Å². The predicted molar refractivity (Wildman–Crippen MR) is 86.4 cm³/mol. The van der Waals surface area contributed by atoms with Crippen LogP contribution >= 0.6 is 11.3 Å². The van der Waals surface area contributed by atoms with Crippen molar-refractivity contribution in [3.8, 4) is 0 Å². The van der Waals surface area contributed by atoms with Gasteiger partial charge in [0.15, 0.2) is 0 Å².